The predicted octanol–water partition coefficient (Wildman–Crippen LogP) is 3.25. The molecular weight excluding hydrogens is 378 g/mol. The van der Waals surface area contributed by atoms with Crippen molar-refractivity contribution < 1.29 is 14.6 Å². The van der Waals surface area contributed by atoms with Crippen LogP contribution in [0, 0.1) is 11.3 Å². The largest absolute Gasteiger partial charge is 0.497 e. The van der Waals surface area contributed by atoms with E-state index in [1.54, 1.807) is 25.3 Å². The fraction of sp³-hybridized carbons (Fsp3) is 0.208. The van der Waals surface area contributed by atoms with Gasteiger partial charge in [-0.25, -0.2) is 0 Å². The van der Waals surface area contributed by atoms with Crippen molar-refractivity contribution in [2.75, 3.05) is 13.7 Å². The second kappa shape index (κ2) is 8.36. The summed E-state index contributed by atoms with van der Waals surface area (Å²) in [6, 6.07) is 21.8. The molecule has 1 N–H and O–H groups in total. The number of amides is 1. The summed E-state index contributed by atoms with van der Waals surface area (Å²) in [5.74, 6) is 0.182. The zero-order valence-electron chi connectivity index (χ0n) is 16.5. The Morgan fingerprint density at radius 2 is 1.93 bits per heavy atom. The van der Waals surface area contributed by atoms with Gasteiger partial charge in [0.05, 0.1) is 25.8 Å². The fourth-order valence-electron chi connectivity index (χ4n) is 4.01. The molecule has 1 saturated heterocycles. The van der Waals surface area contributed by atoms with Crippen molar-refractivity contribution in [2.45, 2.75) is 18.0 Å². The van der Waals surface area contributed by atoms with Crippen LogP contribution in [0.3, 0.4) is 0 Å². The number of carbonyl (C=O) groups is 1. The first-order valence-corrected chi connectivity index (χ1v) is 9.66. The highest BCUT2D eigenvalue weighted by Crippen LogP contribution is 2.41. The van der Waals surface area contributed by atoms with Crippen molar-refractivity contribution in [3.63, 3.8) is 0 Å². The summed E-state index contributed by atoms with van der Waals surface area (Å²) in [5, 5.41) is 19.7. The first-order chi connectivity index (χ1) is 14.7. The van der Waals surface area contributed by atoms with E-state index in [1.165, 1.54) is 11.1 Å². The van der Waals surface area contributed by atoms with Gasteiger partial charge in [-0.2, -0.15) is 5.26 Å². The van der Waals surface area contributed by atoms with Gasteiger partial charge in [0, 0.05) is 12.1 Å². The fourth-order valence-corrected chi connectivity index (χ4v) is 4.01. The third-order valence-electron chi connectivity index (χ3n) is 5.55. The number of aliphatic hydroxyl groups is 1. The summed E-state index contributed by atoms with van der Waals surface area (Å²) in [4.78, 5) is 18.3. The second-order valence-electron chi connectivity index (χ2n) is 7.13. The summed E-state index contributed by atoms with van der Waals surface area (Å²) < 4.78 is 5.29. The molecular formula is C24H21N3O3. The van der Waals surface area contributed by atoms with E-state index >= 15 is 0 Å². The Morgan fingerprint density at radius 1 is 1.13 bits per heavy atom. The number of methoxy groups -OCH3 is 1. The van der Waals surface area contributed by atoms with Crippen LogP contribution in [0.2, 0.25) is 0 Å². The Labute approximate surface area is 175 Å². The highest BCUT2D eigenvalue weighted by Gasteiger charge is 2.52. The molecule has 0 bridgehead atoms. The number of hydrogen-bond acceptors (Lipinski definition) is 5. The molecule has 30 heavy (non-hydrogen) atoms. The minimum Gasteiger partial charge on any atom is -0.497 e. The average Bonchev–Trinajstić information content (AvgIpc) is 2.80. The van der Waals surface area contributed by atoms with Crippen LogP contribution in [0.15, 0.2) is 72.9 Å². The maximum absolute atomic E-state index is 12.8. The van der Waals surface area contributed by atoms with Gasteiger partial charge in [-0.3, -0.25) is 9.78 Å². The van der Waals surface area contributed by atoms with Crippen LogP contribution in [-0.4, -0.2) is 46.7 Å². The molecule has 3 aromatic rings. The maximum Gasteiger partial charge on any atom is 0.273 e. The smallest absolute Gasteiger partial charge is 0.273 e. The normalized spacial score (nSPS) is 20.2. The molecule has 1 aromatic heterocycles. The zero-order valence-corrected chi connectivity index (χ0v) is 16.5. The Kier molecular flexibility index (Phi) is 5.46. The summed E-state index contributed by atoms with van der Waals surface area (Å²) in [6.45, 7) is -0.223. The van der Waals surface area contributed by atoms with Crippen LogP contribution in [0.1, 0.15) is 22.0 Å². The lowest BCUT2D eigenvalue weighted by atomic mass is 9.75. The standard InChI is InChI=1S/C24H21N3O3/c1-30-19-6-4-5-18(13-19)16-8-10-17(11-9-16)23-21(14-25)27(22(23)15-28)24(29)20-7-2-3-12-26-20/h2-13,21-23,28H,15H2,1H3/t21-,22-,23+/m1/s1. The SMILES string of the molecule is COc1cccc(-c2ccc([C@H]3[C@@H](C#N)N(C(=O)c4ccccn4)[C@@H]3CO)cc2)c1. The van der Waals surface area contributed by atoms with E-state index in [0.717, 1.165) is 22.4 Å². The number of benzene rings is 2. The molecule has 4 rings (SSSR count). The molecule has 1 amide bonds. The van der Waals surface area contributed by atoms with Crippen LogP contribution >= 0.6 is 0 Å². The molecule has 0 radical (unpaired) electrons. The quantitative estimate of drug-likeness (QED) is 0.712. The Morgan fingerprint density at radius 3 is 2.57 bits per heavy atom. The Hall–Kier alpha value is -3.69. The number of nitriles is 1. The predicted molar refractivity (Wildman–Crippen MR) is 112 cm³/mol. The molecule has 1 aliphatic rings. The van der Waals surface area contributed by atoms with E-state index in [2.05, 4.69) is 11.1 Å². The number of rotatable bonds is 5. The number of ether oxygens (including phenoxy) is 1. The van der Waals surface area contributed by atoms with Crippen LogP contribution in [0.4, 0.5) is 0 Å². The maximum atomic E-state index is 12.8. The highest BCUT2D eigenvalue weighted by atomic mass is 16.5. The molecule has 6 nitrogen and oxygen atoms in total. The van der Waals surface area contributed by atoms with E-state index < -0.39 is 12.1 Å². The third kappa shape index (κ3) is 3.40. The minimum atomic E-state index is -0.653. The molecule has 2 aromatic carbocycles. The molecule has 0 spiro atoms. The first kappa shape index (κ1) is 19.6. The van der Waals surface area contributed by atoms with Gasteiger partial charge in [0.25, 0.3) is 5.91 Å². The number of pyridine rings is 1. The number of hydrogen-bond donors (Lipinski definition) is 1. The number of aliphatic hydroxyl groups excluding tert-OH is 1. The van der Waals surface area contributed by atoms with Crippen molar-refractivity contribution in [3.05, 3.63) is 84.2 Å². The van der Waals surface area contributed by atoms with Crippen LogP contribution in [0.5, 0.6) is 5.75 Å². The molecule has 0 unspecified atom stereocenters. The van der Waals surface area contributed by atoms with Crippen molar-refractivity contribution in [2.24, 2.45) is 0 Å². The summed E-state index contributed by atoms with van der Waals surface area (Å²) in [7, 11) is 1.63. The Bertz CT molecular complexity index is 1080. The summed E-state index contributed by atoms with van der Waals surface area (Å²) >= 11 is 0. The first-order valence-electron chi connectivity index (χ1n) is 9.66. The number of carbonyl (C=O) groups excluding carboxylic acids is 1. The zero-order chi connectivity index (χ0) is 21.1. The summed E-state index contributed by atoms with van der Waals surface area (Å²) in [5.41, 5.74) is 3.23. The molecule has 1 fully saturated rings. The van der Waals surface area contributed by atoms with Crippen molar-refractivity contribution >= 4 is 5.91 Å². The van der Waals surface area contributed by atoms with Crippen LogP contribution < -0.4 is 4.74 Å². The highest BCUT2D eigenvalue weighted by molar-refractivity contribution is 5.94. The molecule has 150 valence electrons. The average molecular weight is 399 g/mol. The number of likely N-dealkylation sites (tertiary alicyclic amines) is 1. The number of aromatic nitrogens is 1. The lowest BCUT2D eigenvalue weighted by Gasteiger charge is -2.51. The molecule has 1 aliphatic heterocycles. The molecule has 0 aliphatic carbocycles. The lowest BCUT2D eigenvalue weighted by molar-refractivity contribution is -0.00629. The van der Waals surface area contributed by atoms with E-state index in [4.69, 9.17) is 4.74 Å². The monoisotopic (exact) mass is 399 g/mol. The second-order valence-corrected chi connectivity index (χ2v) is 7.13. The molecule has 3 atom stereocenters. The van der Waals surface area contributed by atoms with E-state index in [0.29, 0.717) is 0 Å². The van der Waals surface area contributed by atoms with E-state index in [-0.39, 0.29) is 24.1 Å². The van der Waals surface area contributed by atoms with Crippen LogP contribution in [0.25, 0.3) is 11.1 Å². The van der Waals surface area contributed by atoms with Gasteiger partial charge < -0.3 is 14.7 Å². The third-order valence-corrected chi connectivity index (χ3v) is 5.55. The molecule has 0 saturated carbocycles. The van der Waals surface area contributed by atoms with Crippen LogP contribution in [-0.2, 0) is 0 Å². The van der Waals surface area contributed by atoms with Gasteiger partial charge in [-0.05, 0) is 41.0 Å². The molecule has 6 heteroatoms. The van der Waals surface area contributed by atoms with Gasteiger partial charge in [0.15, 0.2) is 0 Å². The minimum absolute atomic E-state index is 0.223. The topological polar surface area (TPSA) is 86.5 Å². The van der Waals surface area contributed by atoms with Crippen molar-refractivity contribution in [1.82, 2.24) is 9.88 Å². The van der Waals surface area contributed by atoms with E-state index in [9.17, 15) is 15.2 Å². The van der Waals surface area contributed by atoms with Crippen molar-refractivity contribution in [1.29, 1.82) is 5.26 Å². The van der Waals surface area contributed by atoms with E-state index in [1.807, 2.05) is 48.5 Å². The van der Waals surface area contributed by atoms with Gasteiger partial charge >= 0.3 is 0 Å². The number of nitrogens with zero attached hydrogens (tertiary/aromatic N) is 3. The van der Waals surface area contributed by atoms with Gasteiger partial charge in [0.2, 0.25) is 0 Å². The van der Waals surface area contributed by atoms with Crippen molar-refractivity contribution in [3.8, 4) is 22.9 Å². The summed E-state index contributed by atoms with van der Waals surface area (Å²) in [6.07, 6.45) is 1.54. The van der Waals surface area contributed by atoms with Gasteiger partial charge in [-0.15, -0.1) is 0 Å². The Balaban J connectivity index is 1.59. The molecule has 2 heterocycles. The van der Waals surface area contributed by atoms with Gasteiger partial charge in [0.1, 0.15) is 17.5 Å². The lowest BCUT2D eigenvalue weighted by Crippen LogP contribution is -2.65. The van der Waals surface area contributed by atoms with Gasteiger partial charge in [-0.1, -0.05) is 42.5 Å².